The van der Waals surface area contributed by atoms with Crippen molar-refractivity contribution in [2.45, 2.75) is 24.7 Å². The van der Waals surface area contributed by atoms with Crippen LogP contribution in [0.3, 0.4) is 0 Å². The van der Waals surface area contributed by atoms with Gasteiger partial charge in [-0.25, -0.2) is 9.37 Å². The van der Waals surface area contributed by atoms with Gasteiger partial charge in [-0.2, -0.15) is 0 Å². The summed E-state index contributed by atoms with van der Waals surface area (Å²) in [5, 5.41) is 23.2. The number of nitrogens with zero attached hydrogens (tertiary/aromatic N) is 2. The molecule has 6 heteroatoms. The standard InChI is InChI=1S/C19H18ClFN2O2/c1-18(24,14-6-8-15(21)9-7-14)19(25,12-23-11-10-22-13-23)16-4-2-3-5-17(16)20/h2-11,13,24-25H,12H2,1H3/t18-,19-/m0/s1. The van der Waals surface area contributed by atoms with Gasteiger partial charge < -0.3 is 14.8 Å². The van der Waals surface area contributed by atoms with Crippen LogP contribution in [0, 0.1) is 5.82 Å². The number of imidazole rings is 1. The first-order chi connectivity index (χ1) is 11.8. The maximum Gasteiger partial charge on any atom is 0.141 e. The molecular formula is C19H18ClFN2O2. The molecule has 1 aromatic heterocycles. The van der Waals surface area contributed by atoms with E-state index < -0.39 is 17.0 Å². The first-order valence-corrected chi connectivity index (χ1v) is 8.14. The van der Waals surface area contributed by atoms with Crippen LogP contribution < -0.4 is 0 Å². The third kappa shape index (κ3) is 3.18. The monoisotopic (exact) mass is 360 g/mol. The highest BCUT2D eigenvalue weighted by Gasteiger charge is 2.49. The van der Waals surface area contributed by atoms with Gasteiger partial charge in [0.05, 0.1) is 12.9 Å². The van der Waals surface area contributed by atoms with E-state index in [1.54, 1.807) is 47.6 Å². The summed E-state index contributed by atoms with van der Waals surface area (Å²) in [5.41, 5.74) is -2.77. The average molecular weight is 361 g/mol. The Bertz CT molecular complexity index is 850. The molecule has 25 heavy (non-hydrogen) atoms. The molecule has 2 N–H and O–H groups in total. The molecule has 2 aromatic carbocycles. The van der Waals surface area contributed by atoms with Crippen molar-refractivity contribution < 1.29 is 14.6 Å². The van der Waals surface area contributed by atoms with Crippen molar-refractivity contribution in [2.75, 3.05) is 0 Å². The fourth-order valence-corrected chi connectivity index (χ4v) is 3.25. The molecular weight excluding hydrogens is 343 g/mol. The van der Waals surface area contributed by atoms with Crippen molar-refractivity contribution in [1.82, 2.24) is 9.55 Å². The molecule has 0 unspecified atom stereocenters. The largest absolute Gasteiger partial charge is 0.382 e. The maximum absolute atomic E-state index is 13.3. The van der Waals surface area contributed by atoms with Crippen LogP contribution in [0.5, 0.6) is 0 Å². The third-order valence-corrected chi connectivity index (χ3v) is 4.83. The molecule has 1 heterocycles. The Kier molecular flexibility index (Phi) is 4.64. The summed E-state index contributed by atoms with van der Waals surface area (Å²) in [5.74, 6) is -0.421. The lowest BCUT2D eigenvalue weighted by Crippen LogP contribution is -2.50. The van der Waals surface area contributed by atoms with E-state index in [1.165, 1.54) is 31.2 Å². The van der Waals surface area contributed by atoms with Crippen LogP contribution >= 0.6 is 11.6 Å². The van der Waals surface area contributed by atoms with Crippen molar-refractivity contribution in [3.63, 3.8) is 0 Å². The van der Waals surface area contributed by atoms with Crippen LogP contribution in [0.2, 0.25) is 5.02 Å². The Labute approximate surface area is 150 Å². The molecule has 0 aliphatic carbocycles. The van der Waals surface area contributed by atoms with Crippen LogP contribution in [0.25, 0.3) is 0 Å². The number of hydrogen-bond acceptors (Lipinski definition) is 3. The van der Waals surface area contributed by atoms with Crippen molar-refractivity contribution in [3.05, 3.63) is 89.2 Å². The summed E-state index contributed by atoms with van der Waals surface area (Å²) in [4.78, 5) is 3.98. The Morgan fingerprint density at radius 2 is 1.80 bits per heavy atom. The van der Waals surface area contributed by atoms with Gasteiger partial charge in [-0.1, -0.05) is 41.9 Å². The molecule has 0 fully saturated rings. The third-order valence-electron chi connectivity index (χ3n) is 4.50. The van der Waals surface area contributed by atoms with Gasteiger partial charge in [0.2, 0.25) is 0 Å². The lowest BCUT2D eigenvalue weighted by Gasteiger charge is -2.42. The van der Waals surface area contributed by atoms with Gasteiger partial charge in [-0.15, -0.1) is 0 Å². The Hall–Kier alpha value is -2.21. The number of aromatic nitrogens is 2. The van der Waals surface area contributed by atoms with Crippen LogP contribution in [-0.4, -0.2) is 19.8 Å². The maximum atomic E-state index is 13.3. The predicted octanol–water partition coefficient (Wildman–Crippen LogP) is 3.47. The highest BCUT2D eigenvalue weighted by atomic mass is 35.5. The van der Waals surface area contributed by atoms with Gasteiger partial charge in [0.15, 0.2) is 0 Å². The minimum Gasteiger partial charge on any atom is -0.382 e. The second kappa shape index (κ2) is 6.59. The molecule has 130 valence electrons. The molecule has 0 spiro atoms. The van der Waals surface area contributed by atoms with E-state index in [0.29, 0.717) is 16.1 Å². The quantitative estimate of drug-likeness (QED) is 0.732. The lowest BCUT2D eigenvalue weighted by molar-refractivity contribution is -0.163. The molecule has 2 atom stereocenters. The van der Waals surface area contributed by atoms with Crippen molar-refractivity contribution in [2.24, 2.45) is 0 Å². The summed E-state index contributed by atoms with van der Waals surface area (Å²) < 4.78 is 14.9. The van der Waals surface area contributed by atoms with Crippen LogP contribution in [-0.2, 0) is 17.7 Å². The van der Waals surface area contributed by atoms with E-state index in [4.69, 9.17) is 11.6 Å². The van der Waals surface area contributed by atoms with E-state index in [1.807, 2.05) is 0 Å². The summed E-state index contributed by atoms with van der Waals surface area (Å²) in [7, 11) is 0. The SMILES string of the molecule is C[C@](O)(c1ccc(F)cc1)[C@](O)(Cn1ccnc1)c1ccccc1Cl. The molecule has 0 bridgehead atoms. The first kappa shape index (κ1) is 17.6. The zero-order valence-corrected chi connectivity index (χ0v) is 14.4. The molecule has 0 aliphatic heterocycles. The van der Waals surface area contributed by atoms with Gasteiger partial charge >= 0.3 is 0 Å². The van der Waals surface area contributed by atoms with E-state index in [9.17, 15) is 14.6 Å². The number of halogens is 2. The summed E-state index contributed by atoms with van der Waals surface area (Å²) in [6.45, 7) is 1.50. The van der Waals surface area contributed by atoms with Gasteiger partial charge in [-0.05, 0) is 30.7 Å². The van der Waals surface area contributed by atoms with Gasteiger partial charge in [0.25, 0.3) is 0 Å². The van der Waals surface area contributed by atoms with Crippen LogP contribution in [0.4, 0.5) is 4.39 Å². The Morgan fingerprint density at radius 1 is 1.12 bits per heavy atom. The smallest absolute Gasteiger partial charge is 0.141 e. The Morgan fingerprint density at radius 3 is 2.40 bits per heavy atom. The van der Waals surface area contributed by atoms with Gasteiger partial charge in [0.1, 0.15) is 17.0 Å². The highest BCUT2D eigenvalue weighted by Crippen LogP contribution is 2.44. The number of aliphatic hydroxyl groups is 2. The molecule has 4 nitrogen and oxygen atoms in total. The molecule has 0 saturated heterocycles. The second-order valence-electron chi connectivity index (χ2n) is 6.15. The fourth-order valence-electron chi connectivity index (χ4n) is 2.96. The van der Waals surface area contributed by atoms with Crippen LogP contribution in [0.15, 0.2) is 67.3 Å². The van der Waals surface area contributed by atoms with E-state index in [0.717, 1.165) is 0 Å². The van der Waals surface area contributed by atoms with Gasteiger partial charge in [0, 0.05) is 23.0 Å². The average Bonchev–Trinajstić information content (AvgIpc) is 3.08. The zero-order chi connectivity index (χ0) is 18.1. The summed E-state index contributed by atoms with van der Waals surface area (Å²) in [6, 6.07) is 12.2. The lowest BCUT2D eigenvalue weighted by atomic mass is 9.74. The van der Waals surface area contributed by atoms with E-state index in [-0.39, 0.29) is 6.54 Å². The fraction of sp³-hybridized carbons (Fsp3) is 0.211. The molecule has 3 aromatic rings. The molecule has 0 saturated carbocycles. The molecule has 3 rings (SSSR count). The number of benzene rings is 2. The molecule has 0 amide bonds. The van der Waals surface area contributed by atoms with Gasteiger partial charge in [-0.3, -0.25) is 0 Å². The summed E-state index contributed by atoms with van der Waals surface area (Å²) in [6.07, 6.45) is 4.81. The van der Waals surface area contributed by atoms with Crippen molar-refractivity contribution >= 4 is 11.6 Å². The molecule has 0 aliphatic rings. The number of hydrogen-bond donors (Lipinski definition) is 2. The minimum atomic E-state index is -1.77. The second-order valence-corrected chi connectivity index (χ2v) is 6.56. The first-order valence-electron chi connectivity index (χ1n) is 7.76. The normalized spacial score (nSPS) is 16.2. The zero-order valence-electron chi connectivity index (χ0n) is 13.6. The number of rotatable bonds is 5. The molecule has 0 radical (unpaired) electrons. The van der Waals surface area contributed by atoms with E-state index >= 15 is 0 Å². The Balaban J connectivity index is 2.16. The predicted molar refractivity (Wildman–Crippen MR) is 93.5 cm³/mol. The van der Waals surface area contributed by atoms with Crippen LogP contribution in [0.1, 0.15) is 18.1 Å². The van der Waals surface area contributed by atoms with Crippen molar-refractivity contribution in [1.29, 1.82) is 0 Å². The highest BCUT2D eigenvalue weighted by molar-refractivity contribution is 6.31. The topological polar surface area (TPSA) is 58.3 Å². The minimum absolute atomic E-state index is 0.0150. The van der Waals surface area contributed by atoms with Crippen molar-refractivity contribution in [3.8, 4) is 0 Å². The summed E-state index contributed by atoms with van der Waals surface area (Å²) >= 11 is 6.31. The van der Waals surface area contributed by atoms with E-state index in [2.05, 4.69) is 4.98 Å².